The van der Waals surface area contributed by atoms with Crippen molar-refractivity contribution in [3.05, 3.63) is 32.6 Å². The molecule has 3 N–H and O–H groups in total. The van der Waals surface area contributed by atoms with Crippen LogP contribution in [0.25, 0.3) is 0 Å². The van der Waals surface area contributed by atoms with Gasteiger partial charge in [0.15, 0.2) is 12.5 Å². The topological polar surface area (TPSA) is 132 Å². The Bertz CT molecular complexity index is 655. The van der Waals surface area contributed by atoms with Crippen LogP contribution in [0.3, 0.4) is 0 Å². The molecular weight excluding hydrogens is 324 g/mol. The molecule has 1 aliphatic heterocycles. The monoisotopic (exact) mass is 346 g/mol. The first-order valence-corrected chi connectivity index (χ1v) is 7.37. The largest absolute Gasteiger partial charge is 0.382 e. The molecule has 1 aromatic rings. The number of aliphatic hydroxyl groups excluding tert-OH is 1. The summed E-state index contributed by atoms with van der Waals surface area (Å²) in [6, 6.07) is 0. The Morgan fingerprint density at radius 1 is 1.29 bits per heavy atom. The number of methoxy groups -OCH3 is 2. The van der Waals surface area contributed by atoms with Crippen molar-refractivity contribution in [1.82, 2.24) is 9.55 Å². The van der Waals surface area contributed by atoms with Crippen molar-refractivity contribution in [3.8, 4) is 0 Å². The summed E-state index contributed by atoms with van der Waals surface area (Å²) in [5.41, 5.74) is -0.900. The molecular formula is C14H22N2O8. The Morgan fingerprint density at radius 2 is 2.00 bits per heavy atom. The molecule has 2 rings (SSSR count). The van der Waals surface area contributed by atoms with E-state index in [0.29, 0.717) is 12.2 Å². The standard InChI is InChI=1S/C14H22N2O8/c1-7-6-16(14(20)15-11(7)17)12-9(23-5-4-21-2)8(22-3)10(24-12)13(18)19/h6,8-10,12-13,18-19H,4-5H2,1-3H3,(H,15,17,20)/t8-,9+,10?,12+/m0/s1. The maximum atomic E-state index is 12.1. The Hall–Kier alpha value is -1.56. The molecule has 1 aliphatic rings. The van der Waals surface area contributed by atoms with E-state index in [2.05, 4.69) is 4.98 Å². The number of H-pyrrole nitrogens is 1. The predicted molar refractivity (Wildman–Crippen MR) is 80.6 cm³/mol. The van der Waals surface area contributed by atoms with E-state index in [-0.39, 0.29) is 6.61 Å². The van der Waals surface area contributed by atoms with Gasteiger partial charge in [0.05, 0.1) is 13.2 Å². The number of hydrogen-bond acceptors (Lipinski definition) is 8. The lowest BCUT2D eigenvalue weighted by Gasteiger charge is -2.24. The predicted octanol–water partition coefficient (Wildman–Crippen LogP) is -1.90. The molecule has 10 nitrogen and oxygen atoms in total. The minimum Gasteiger partial charge on any atom is -0.382 e. The van der Waals surface area contributed by atoms with Crippen molar-refractivity contribution >= 4 is 0 Å². The first-order valence-electron chi connectivity index (χ1n) is 7.37. The van der Waals surface area contributed by atoms with Crippen LogP contribution < -0.4 is 11.2 Å². The average molecular weight is 346 g/mol. The summed E-state index contributed by atoms with van der Waals surface area (Å²) in [5.74, 6) is 0. The summed E-state index contributed by atoms with van der Waals surface area (Å²) in [6.07, 6.45) is -4.25. The second kappa shape index (κ2) is 8.01. The number of hydrogen-bond donors (Lipinski definition) is 3. The van der Waals surface area contributed by atoms with E-state index >= 15 is 0 Å². The smallest absolute Gasteiger partial charge is 0.330 e. The Morgan fingerprint density at radius 3 is 2.58 bits per heavy atom. The highest BCUT2D eigenvalue weighted by Gasteiger charge is 2.49. The highest BCUT2D eigenvalue weighted by molar-refractivity contribution is 5.03. The first kappa shape index (κ1) is 18.8. The SMILES string of the molecule is COCCO[C@@H]1[C@H](OC)C(C(O)O)O[C@H]1n1cc(C)c(=O)[nH]c1=O. The van der Waals surface area contributed by atoms with Crippen molar-refractivity contribution in [3.63, 3.8) is 0 Å². The zero-order valence-corrected chi connectivity index (χ0v) is 13.7. The minimum absolute atomic E-state index is 0.187. The number of ether oxygens (including phenoxy) is 4. The molecule has 4 atom stereocenters. The highest BCUT2D eigenvalue weighted by atomic mass is 16.6. The van der Waals surface area contributed by atoms with E-state index in [9.17, 15) is 19.8 Å². The van der Waals surface area contributed by atoms with Crippen LogP contribution >= 0.6 is 0 Å². The molecule has 0 spiro atoms. The van der Waals surface area contributed by atoms with E-state index in [1.165, 1.54) is 27.3 Å². The van der Waals surface area contributed by atoms with Gasteiger partial charge >= 0.3 is 5.69 Å². The van der Waals surface area contributed by atoms with E-state index in [1.54, 1.807) is 0 Å². The van der Waals surface area contributed by atoms with Gasteiger partial charge in [0.25, 0.3) is 5.56 Å². The van der Waals surface area contributed by atoms with Crippen molar-refractivity contribution in [2.75, 3.05) is 27.4 Å². The lowest BCUT2D eigenvalue weighted by Crippen LogP contribution is -2.42. The van der Waals surface area contributed by atoms with Crippen LogP contribution in [0.5, 0.6) is 0 Å². The molecule has 0 bridgehead atoms. The van der Waals surface area contributed by atoms with Crippen LogP contribution in [0.4, 0.5) is 0 Å². The molecule has 2 heterocycles. The summed E-state index contributed by atoms with van der Waals surface area (Å²) < 4.78 is 22.6. The van der Waals surface area contributed by atoms with Gasteiger partial charge in [-0.1, -0.05) is 0 Å². The number of aromatic nitrogens is 2. The summed E-state index contributed by atoms with van der Waals surface area (Å²) in [4.78, 5) is 25.8. The molecule has 1 saturated heterocycles. The number of aryl methyl sites for hydroxylation is 1. The fourth-order valence-electron chi connectivity index (χ4n) is 2.62. The summed E-state index contributed by atoms with van der Waals surface area (Å²) >= 11 is 0. The number of aliphatic hydroxyl groups is 2. The normalized spacial score (nSPS) is 27.1. The second-order valence-corrected chi connectivity index (χ2v) is 5.41. The summed E-state index contributed by atoms with van der Waals surface area (Å²) in [7, 11) is 2.88. The zero-order valence-electron chi connectivity index (χ0n) is 13.7. The van der Waals surface area contributed by atoms with Gasteiger partial charge in [-0.25, -0.2) is 4.79 Å². The molecule has 0 radical (unpaired) electrons. The third-order valence-electron chi connectivity index (χ3n) is 3.81. The minimum atomic E-state index is -1.83. The molecule has 10 heteroatoms. The van der Waals surface area contributed by atoms with Crippen molar-refractivity contribution in [2.45, 2.75) is 37.8 Å². The van der Waals surface area contributed by atoms with Crippen LogP contribution in [0.2, 0.25) is 0 Å². The quantitative estimate of drug-likeness (QED) is 0.385. The van der Waals surface area contributed by atoms with Crippen molar-refractivity contribution in [1.29, 1.82) is 0 Å². The molecule has 24 heavy (non-hydrogen) atoms. The molecule has 0 saturated carbocycles. The number of rotatable bonds is 7. The lowest BCUT2D eigenvalue weighted by atomic mass is 10.1. The van der Waals surface area contributed by atoms with E-state index in [0.717, 1.165) is 4.57 Å². The van der Waals surface area contributed by atoms with Gasteiger partial charge in [0.1, 0.15) is 18.3 Å². The second-order valence-electron chi connectivity index (χ2n) is 5.41. The average Bonchev–Trinajstić information content (AvgIpc) is 2.90. The molecule has 0 aromatic carbocycles. The molecule has 1 fully saturated rings. The third-order valence-corrected chi connectivity index (χ3v) is 3.81. The lowest BCUT2D eigenvalue weighted by molar-refractivity contribution is -0.171. The molecule has 0 aliphatic carbocycles. The molecule has 136 valence electrons. The van der Waals surface area contributed by atoms with Crippen molar-refractivity contribution < 1.29 is 29.2 Å². The zero-order chi connectivity index (χ0) is 17.9. The van der Waals surface area contributed by atoms with Crippen molar-refractivity contribution in [2.24, 2.45) is 0 Å². The third kappa shape index (κ3) is 3.74. The van der Waals surface area contributed by atoms with Gasteiger partial charge in [-0.15, -0.1) is 0 Å². The van der Waals surface area contributed by atoms with Crippen LogP contribution in [0.1, 0.15) is 11.8 Å². The van der Waals surface area contributed by atoms with Gasteiger partial charge < -0.3 is 29.2 Å². The van der Waals surface area contributed by atoms with Gasteiger partial charge in [-0.05, 0) is 6.92 Å². The summed E-state index contributed by atoms with van der Waals surface area (Å²) in [5, 5.41) is 19.0. The van der Waals surface area contributed by atoms with Crippen LogP contribution in [-0.2, 0) is 18.9 Å². The van der Waals surface area contributed by atoms with Gasteiger partial charge in [-0.3, -0.25) is 14.3 Å². The van der Waals surface area contributed by atoms with Crippen LogP contribution in [0.15, 0.2) is 15.8 Å². The molecule has 1 aromatic heterocycles. The Kier molecular flexibility index (Phi) is 6.27. The molecule has 1 unspecified atom stereocenters. The number of nitrogens with zero attached hydrogens (tertiary/aromatic N) is 1. The van der Waals surface area contributed by atoms with Crippen LogP contribution in [0, 0.1) is 6.92 Å². The van der Waals surface area contributed by atoms with Gasteiger partial charge in [0.2, 0.25) is 0 Å². The number of aromatic amines is 1. The number of nitrogens with one attached hydrogen (secondary N) is 1. The van der Waals surface area contributed by atoms with Gasteiger partial charge in [0, 0.05) is 26.0 Å². The van der Waals surface area contributed by atoms with E-state index in [1.807, 2.05) is 0 Å². The van der Waals surface area contributed by atoms with Gasteiger partial charge in [-0.2, -0.15) is 0 Å². The fourth-order valence-corrected chi connectivity index (χ4v) is 2.62. The Balaban J connectivity index is 2.39. The summed E-state index contributed by atoms with van der Waals surface area (Å²) in [6.45, 7) is 2.02. The molecule has 0 amide bonds. The fraction of sp³-hybridized carbons (Fsp3) is 0.714. The highest BCUT2D eigenvalue weighted by Crippen LogP contribution is 2.33. The van der Waals surface area contributed by atoms with E-state index in [4.69, 9.17) is 18.9 Å². The Labute approximate surface area is 137 Å². The maximum Gasteiger partial charge on any atom is 0.330 e. The van der Waals surface area contributed by atoms with E-state index < -0.39 is 42.1 Å². The maximum absolute atomic E-state index is 12.1. The first-order chi connectivity index (χ1) is 11.4. The van der Waals surface area contributed by atoms with Crippen LogP contribution in [-0.4, -0.2) is 71.8 Å².